The molecule has 5 unspecified atom stereocenters. The topological polar surface area (TPSA) is 197 Å². The number of hydrogen-bond acceptors (Lipinski definition) is 10. The fraction of sp³-hybridized carbons (Fsp3) is 0.296. The van der Waals surface area contributed by atoms with Crippen LogP contribution in [0.1, 0.15) is 30.4 Å². The summed E-state index contributed by atoms with van der Waals surface area (Å²) in [5.74, 6) is -7.97. The summed E-state index contributed by atoms with van der Waals surface area (Å²) in [5.41, 5.74) is 2.16. The fourth-order valence-electron chi connectivity index (χ4n) is 6.29. The third kappa shape index (κ3) is 2.88. The number of Topliss-reactive ketones (excluding diaryl/α,β-unsaturated/α-hetero) is 2. The lowest BCUT2D eigenvalue weighted by Crippen LogP contribution is -2.63. The van der Waals surface area contributed by atoms with Gasteiger partial charge in [0.15, 0.2) is 22.9 Å². The number of fused-ring (bicyclic) bond motifs is 4. The number of rotatable bonds is 2. The Morgan fingerprint density at radius 1 is 1.08 bits per heavy atom. The number of benzene rings is 2. The van der Waals surface area contributed by atoms with E-state index in [0.29, 0.717) is 28.2 Å². The number of carbonyl (C=O) groups excluding carboxylic acids is 3. The standard InChI is InChI=1S/C27H23NO10/c1-9-11-3-4-12(10-2-5-15-16(6-10)38-8-37-15)21(30)18(11)23(32)20-17(9)22(31)13-7-14(29)19(26(28)35)24(33)27(13,36)25(20)34/h2-6,9,13,17,22,30-33,36H,7-8H2,1H3,(H2,28,35). The Kier molecular flexibility index (Phi) is 4.94. The van der Waals surface area contributed by atoms with Gasteiger partial charge in [0.1, 0.15) is 22.8 Å². The highest BCUT2D eigenvalue weighted by atomic mass is 16.7. The lowest BCUT2D eigenvalue weighted by molar-refractivity contribution is -0.160. The zero-order valence-electron chi connectivity index (χ0n) is 20.0. The molecule has 0 saturated heterocycles. The number of hydrogen-bond donors (Lipinski definition) is 6. The number of nitrogens with two attached hydrogens (primary N) is 1. The van der Waals surface area contributed by atoms with Crippen molar-refractivity contribution in [2.45, 2.75) is 31.0 Å². The maximum atomic E-state index is 13.8. The molecule has 196 valence electrons. The van der Waals surface area contributed by atoms with Crippen molar-refractivity contribution in [2.24, 2.45) is 17.6 Å². The molecular weight excluding hydrogens is 498 g/mol. The number of primary amides is 1. The van der Waals surface area contributed by atoms with Gasteiger partial charge < -0.3 is 40.7 Å². The average Bonchev–Trinajstić information content (AvgIpc) is 3.34. The van der Waals surface area contributed by atoms with E-state index < -0.39 is 76.0 Å². The number of aliphatic hydroxyl groups excluding tert-OH is 3. The molecule has 0 aromatic heterocycles. The molecule has 1 saturated carbocycles. The number of ether oxygens (including phenoxy) is 2. The van der Waals surface area contributed by atoms with E-state index in [1.54, 1.807) is 37.3 Å². The number of carbonyl (C=O) groups is 3. The third-order valence-corrected chi connectivity index (χ3v) is 8.18. The summed E-state index contributed by atoms with van der Waals surface area (Å²) in [6.07, 6.45) is -2.20. The first kappa shape index (κ1) is 24.0. The van der Waals surface area contributed by atoms with Crippen LogP contribution in [0.4, 0.5) is 0 Å². The van der Waals surface area contributed by atoms with Gasteiger partial charge in [-0.2, -0.15) is 0 Å². The van der Waals surface area contributed by atoms with Gasteiger partial charge in [-0.1, -0.05) is 25.1 Å². The van der Waals surface area contributed by atoms with Gasteiger partial charge in [0.05, 0.1) is 11.7 Å². The molecular formula is C27H23NO10. The molecule has 0 bridgehead atoms. The Labute approximate surface area is 215 Å². The van der Waals surface area contributed by atoms with Crippen molar-refractivity contribution in [3.8, 4) is 28.4 Å². The first-order valence-corrected chi connectivity index (χ1v) is 11.9. The van der Waals surface area contributed by atoms with Crippen molar-refractivity contribution in [2.75, 3.05) is 6.79 Å². The summed E-state index contributed by atoms with van der Waals surface area (Å²) in [5, 5.41) is 56.1. The predicted octanol–water partition coefficient (Wildman–Crippen LogP) is 1.35. The van der Waals surface area contributed by atoms with Crippen LogP contribution in [-0.4, -0.2) is 61.5 Å². The van der Waals surface area contributed by atoms with Gasteiger partial charge in [0.2, 0.25) is 12.6 Å². The smallest absolute Gasteiger partial charge is 0.255 e. The second kappa shape index (κ2) is 7.83. The summed E-state index contributed by atoms with van der Waals surface area (Å²) in [6, 6.07) is 8.29. The molecule has 5 atom stereocenters. The van der Waals surface area contributed by atoms with Gasteiger partial charge in [-0.3, -0.25) is 14.4 Å². The van der Waals surface area contributed by atoms with E-state index in [4.69, 9.17) is 15.2 Å². The third-order valence-electron chi connectivity index (χ3n) is 8.18. The van der Waals surface area contributed by atoms with Crippen LogP contribution in [-0.2, 0) is 14.4 Å². The van der Waals surface area contributed by atoms with Crippen LogP contribution < -0.4 is 15.2 Å². The van der Waals surface area contributed by atoms with E-state index in [-0.39, 0.29) is 18.1 Å². The average molecular weight is 521 g/mol. The molecule has 6 rings (SSSR count). The van der Waals surface area contributed by atoms with E-state index in [1.807, 2.05) is 0 Å². The summed E-state index contributed by atoms with van der Waals surface area (Å²) in [7, 11) is 0. The maximum Gasteiger partial charge on any atom is 0.255 e. The monoisotopic (exact) mass is 521 g/mol. The van der Waals surface area contributed by atoms with Crippen LogP contribution in [0, 0.1) is 11.8 Å². The van der Waals surface area contributed by atoms with Gasteiger partial charge in [-0.25, -0.2) is 0 Å². The number of amides is 1. The van der Waals surface area contributed by atoms with Gasteiger partial charge >= 0.3 is 0 Å². The minimum atomic E-state index is -2.88. The Bertz CT molecular complexity index is 1540. The minimum absolute atomic E-state index is 0.0550. The van der Waals surface area contributed by atoms with Crippen molar-refractivity contribution < 1.29 is 49.4 Å². The van der Waals surface area contributed by atoms with Crippen molar-refractivity contribution in [3.05, 3.63) is 58.4 Å². The van der Waals surface area contributed by atoms with E-state index in [1.165, 1.54) is 0 Å². The molecule has 3 aliphatic carbocycles. The molecule has 0 spiro atoms. The Morgan fingerprint density at radius 3 is 2.50 bits per heavy atom. The lowest BCUT2D eigenvalue weighted by atomic mass is 9.55. The normalized spacial score (nSPS) is 29.7. The SMILES string of the molecule is CC1c2ccc(-c3ccc4c(c3)OCO4)c(O)c2C(O)=C2C(=O)C3(O)C(O)=C(C(N)=O)C(=O)CC3C(O)C21. The number of phenolic OH excluding ortho intramolecular Hbond substituents is 1. The highest BCUT2D eigenvalue weighted by molar-refractivity contribution is 6.23. The molecule has 1 heterocycles. The Hall–Kier alpha value is -4.35. The quantitative estimate of drug-likeness (QED) is 0.314. The summed E-state index contributed by atoms with van der Waals surface area (Å²) >= 11 is 0. The summed E-state index contributed by atoms with van der Waals surface area (Å²) in [4.78, 5) is 38.1. The number of aliphatic hydroxyl groups is 4. The molecule has 11 nitrogen and oxygen atoms in total. The van der Waals surface area contributed by atoms with Gasteiger partial charge in [0, 0.05) is 29.4 Å². The van der Waals surface area contributed by atoms with E-state index in [9.17, 15) is 39.9 Å². The van der Waals surface area contributed by atoms with E-state index in [2.05, 4.69) is 0 Å². The fourth-order valence-corrected chi connectivity index (χ4v) is 6.29. The summed E-state index contributed by atoms with van der Waals surface area (Å²) in [6.45, 7) is 1.73. The zero-order valence-corrected chi connectivity index (χ0v) is 20.0. The first-order valence-electron chi connectivity index (χ1n) is 11.9. The summed E-state index contributed by atoms with van der Waals surface area (Å²) < 4.78 is 10.7. The predicted molar refractivity (Wildman–Crippen MR) is 129 cm³/mol. The van der Waals surface area contributed by atoms with Gasteiger partial charge in [-0.15, -0.1) is 0 Å². The minimum Gasteiger partial charge on any atom is -0.508 e. The highest BCUT2D eigenvalue weighted by Gasteiger charge is 2.64. The molecule has 1 amide bonds. The van der Waals surface area contributed by atoms with Gasteiger partial charge in [0.25, 0.3) is 5.91 Å². The second-order valence-electron chi connectivity index (χ2n) is 9.98. The molecule has 38 heavy (non-hydrogen) atoms. The number of aromatic hydroxyl groups is 1. The van der Waals surface area contributed by atoms with Crippen LogP contribution in [0.3, 0.4) is 0 Å². The lowest BCUT2D eigenvalue weighted by Gasteiger charge is -2.50. The Morgan fingerprint density at radius 2 is 1.79 bits per heavy atom. The molecule has 1 fully saturated rings. The van der Waals surface area contributed by atoms with Crippen LogP contribution in [0.5, 0.6) is 17.2 Å². The van der Waals surface area contributed by atoms with Crippen LogP contribution in [0.15, 0.2) is 47.2 Å². The van der Waals surface area contributed by atoms with Crippen molar-refractivity contribution in [3.63, 3.8) is 0 Å². The largest absolute Gasteiger partial charge is 0.508 e. The second-order valence-corrected chi connectivity index (χ2v) is 9.98. The number of ketones is 2. The van der Waals surface area contributed by atoms with Crippen LogP contribution in [0.25, 0.3) is 16.9 Å². The zero-order chi connectivity index (χ0) is 27.3. The molecule has 2 aromatic carbocycles. The first-order chi connectivity index (χ1) is 18.0. The van der Waals surface area contributed by atoms with E-state index in [0.717, 1.165) is 0 Å². The molecule has 1 aliphatic heterocycles. The molecule has 2 aromatic rings. The highest BCUT2D eigenvalue weighted by Crippen LogP contribution is 2.56. The molecule has 11 heteroatoms. The molecule has 0 radical (unpaired) electrons. The van der Waals surface area contributed by atoms with Crippen molar-refractivity contribution in [1.29, 1.82) is 0 Å². The van der Waals surface area contributed by atoms with Crippen LogP contribution >= 0.6 is 0 Å². The van der Waals surface area contributed by atoms with Crippen molar-refractivity contribution >= 4 is 23.2 Å². The molecule has 7 N–H and O–H groups in total. The van der Waals surface area contributed by atoms with Gasteiger partial charge in [-0.05, 0) is 29.2 Å². The number of phenols is 1. The maximum absolute atomic E-state index is 13.8. The van der Waals surface area contributed by atoms with Crippen LogP contribution in [0.2, 0.25) is 0 Å². The van der Waals surface area contributed by atoms with Crippen molar-refractivity contribution in [1.82, 2.24) is 0 Å². The molecule has 4 aliphatic rings. The Balaban J connectivity index is 1.55. The van der Waals surface area contributed by atoms with E-state index >= 15 is 0 Å².